The van der Waals surface area contributed by atoms with E-state index in [0.29, 0.717) is 31.6 Å². The molecular formula is C26H37N3O3. The summed E-state index contributed by atoms with van der Waals surface area (Å²) in [5.74, 6) is 2.42. The van der Waals surface area contributed by atoms with Gasteiger partial charge in [-0.25, -0.2) is 0 Å². The van der Waals surface area contributed by atoms with Crippen LogP contribution in [0, 0.1) is 23.2 Å². The molecular weight excluding hydrogens is 402 g/mol. The molecule has 0 aliphatic heterocycles. The smallest absolute Gasteiger partial charge is 0.253 e. The average molecular weight is 440 g/mol. The predicted octanol–water partition coefficient (Wildman–Crippen LogP) is 3.46. The molecule has 174 valence electrons. The number of nitrogens with one attached hydrogen (secondary N) is 1. The SMILES string of the molecule is CCN(Cc1ccc(C(=O)N(C)C)cc1)C(=O)CCNC(=O)C12CC3CC(CC(C3)C1)C2. The number of amides is 3. The van der Waals surface area contributed by atoms with Gasteiger partial charge in [0.1, 0.15) is 0 Å². The first kappa shape index (κ1) is 22.8. The summed E-state index contributed by atoms with van der Waals surface area (Å²) in [6, 6.07) is 7.42. The molecule has 0 aromatic heterocycles. The van der Waals surface area contributed by atoms with E-state index < -0.39 is 0 Å². The van der Waals surface area contributed by atoms with Crippen molar-refractivity contribution in [3.05, 3.63) is 35.4 Å². The lowest BCUT2D eigenvalue weighted by molar-refractivity contribution is -0.146. The molecule has 0 heterocycles. The van der Waals surface area contributed by atoms with Gasteiger partial charge in [0.2, 0.25) is 11.8 Å². The fourth-order valence-electron chi connectivity index (χ4n) is 6.62. The lowest BCUT2D eigenvalue weighted by Crippen LogP contribution is -2.53. The van der Waals surface area contributed by atoms with Gasteiger partial charge in [-0.1, -0.05) is 12.1 Å². The Labute approximate surface area is 191 Å². The Morgan fingerprint density at radius 1 is 0.969 bits per heavy atom. The van der Waals surface area contributed by atoms with Gasteiger partial charge >= 0.3 is 0 Å². The average Bonchev–Trinajstić information content (AvgIpc) is 2.76. The van der Waals surface area contributed by atoms with Crippen LogP contribution in [0.4, 0.5) is 0 Å². The van der Waals surface area contributed by atoms with Crippen LogP contribution in [0.25, 0.3) is 0 Å². The van der Waals surface area contributed by atoms with Crippen LogP contribution in [0.5, 0.6) is 0 Å². The Morgan fingerprint density at radius 2 is 1.53 bits per heavy atom. The summed E-state index contributed by atoms with van der Waals surface area (Å²) in [4.78, 5) is 41.3. The Morgan fingerprint density at radius 3 is 2.03 bits per heavy atom. The molecule has 0 atom stereocenters. The van der Waals surface area contributed by atoms with Crippen LogP contribution in [0.3, 0.4) is 0 Å². The van der Waals surface area contributed by atoms with Gasteiger partial charge < -0.3 is 15.1 Å². The number of benzene rings is 1. The molecule has 0 spiro atoms. The zero-order valence-electron chi connectivity index (χ0n) is 19.7. The lowest BCUT2D eigenvalue weighted by Gasteiger charge is -2.55. The Hall–Kier alpha value is -2.37. The monoisotopic (exact) mass is 439 g/mol. The zero-order chi connectivity index (χ0) is 22.9. The van der Waals surface area contributed by atoms with E-state index in [-0.39, 0.29) is 23.1 Å². The van der Waals surface area contributed by atoms with Crippen molar-refractivity contribution in [1.29, 1.82) is 0 Å². The number of hydrogen-bond acceptors (Lipinski definition) is 3. The summed E-state index contributed by atoms with van der Waals surface area (Å²) in [5.41, 5.74) is 1.47. The minimum absolute atomic E-state index is 0.0326. The van der Waals surface area contributed by atoms with Crippen molar-refractivity contribution < 1.29 is 14.4 Å². The summed E-state index contributed by atoms with van der Waals surface area (Å²) in [5, 5.41) is 3.12. The van der Waals surface area contributed by atoms with Gasteiger partial charge in [0, 0.05) is 51.1 Å². The molecule has 4 saturated carbocycles. The van der Waals surface area contributed by atoms with Crippen LogP contribution in [-0.2, 0) is 16.1 Å². The van der Waals surface area contributed by atoms with Crippen molar-refractivity contribution in [2.45, 2.75) is 58.4 Å². The summed E-state index contributed by atoms with van der Waals surface area (Å²) in [7, 11) is 3.46. The molecule has 1 aromatic rings. The predicted molar refractivity (Wildman–Crippen MR) is 124 cm³/mol. The van der Waals surface area contributed by atoms with Gasteiger partial charge in [0.05, 0.1) is 0 Å². The molecule has 1 aromatic carbocycles. The van der Waals surface area contributed by atoms with Crippen LogP contribution in [0.1, 0.15) is 67.8 Å². The van der Waals surface area contributed by atoms with Gasteiger partial charge in [0.15, 0.2) is 0 Å². The number of carbonyl (C=O) groups is 3. The van der Waals surface area contributed by atoms with E-state index in [1.165, 1.54) is 19.3 Å². The first-order chi connectivity index (χ1) is 15.3. The quantitative estimate of drug-likeness (QED) is 0.674. The van der Waals surface area contributed by atoms with E-state index in [1.54, 1.807) is 23.9 Å². The van der Waals surface area contributed by atoms with E-state index in [4.69, 9.17) is 0 Å². The second-order valence-corrected chi connectivity index (χ2v) is 10.5. The van der Waals surface area contributed by atoms with Crippen molar-refractivity contribution in [3.8, 4) is 0 Å². The van der Waals surface area contributed by atoms with E-state index in [0.717, 1.165) is 42.6 Å². The molecule has 0 unspecified atom stereocenters. The minimum Gasteiger partial charge on any atom is -0.355 e. The fourth-order valence-corrected chi connectivity index (χ4v) is 6.62. The molecule has 4 aliphatic rings. The molecule has 4 aliphatic carbocycles. The van der Waals surface area contributed by atoms with Gasteiger partial charge in [-0.2, -0.15) is 0 Å². The van der Waals surface area contributed by atoms with E-state index in [1.807, 2.05) is 31.2 Å². The fraction of sp³-hybridized carbons (Fsp3) is 0.654. The van der Waals surface area contributed by atoms with Crippen molar-refractivity contribution in [1.82, 2.24) is 15.1 Å². The third-order valence-electron chi connectivity index (χ3n) is 7.86. The maximum Gasteiger partial charge on any atom is 0.253 e. The molecule has 6 nitrogen and oxygen atoms in total. The number of nitrogens with zero attached hydrogens (tertiary/aromatic N) is 2. The molecule has 3 amide bonds. The van der Waals surface area contributed by atoms with Crippen LogP contribution in [-0.4, -0.2) is 54.7 Å². The molecule has 32 heavy (non-hydrogen) atoms. The van der Waals surface area contributed by atoms with Gasteiger partial charge in [-0.15, -0.1) is 0 Å². The number of carbonyl (C=O) groups excluding carboxylic acids is 3. The molecule has 0 saturated heterocycles. The van der Waals surface area contributed by atoms with E-state index >= 15 is 0 Å². The largest absolute Gasteiger partial charge is 0.355 e. The topological polar surface area (TPSA) is 69.7 Å². The third-order valence-corrected chi connectivity index (χ3v) is 7.86. The van der Waals surface area contributed by atoms with E-state index in [9.17, 15) is 14.4 Å². The molecule has 6 heteroatoms. The van der Waals surface area contributed by atoms with Crippen molar-refractivity contribution in [3.63, 3.8) is 0 Å². The van der Waals surface area contributed by atoms with Crippen molar-refractivity contribution in [2.24, 2.45) is 23.2 Å². The first-order valence-electron chi connectivity index (χ1n) is 12.2. The lowest BCUT2D eigenvalue weighted by atomic mass is 9.49. The van der Waals surface area contributed by atoms with Crippen LogP contribution in [0.2, 0.25) is 0 Å². The number of rotatable bonds is 8. The summed E-state index contributed by atoms with van der Waals surface area (Å²) < 4.78 is 0. The summed E-state index contributed by atoms with van der Waals surface area (Å²) in [6.07, 6.45) is 7.43. The van der Waals surface area contributed by atoms with Gasteiger partial charge in [-0.3, -0.25) is 14.4 Å². The van der Waals surface area contributed by atoms with Crippen molar-refractivity contribution >= 4 is 17.7 Å². The highest BCUT2D eigenvalue weighted by Gasteiger charge is 2.54. The molecule has 1 N–H and O–H groups in total. The summed E-state index contributed by atoms with van der Waals surface area (Å²) in [6.45, 7) is 3.50. The van der Waals surface area contributed by atoms with Crippen LogP contribution < -0.4 is 5.32 Å². The third kappa shape index (κ3) is 4.69. The van der Waals surface area contributed by atoms with E-state index in [2.05, 4.69) is 5.32 Å². The Balaban J connectivity index is 1.26. The van der Waals surface area contributed by atoms with Crippen molar-refractivity contribution in [2.75, 3.05) is 27.2 Å². The maximum atomic E-state index is 13.1. The van der Waals surface area contributed by atoms with Crippen LogP contribution in [0.15, 0.2) is 24.3 Å². The standard InChI is InChI=1S/C26H37N3O3/c1-4-29(17-18-5-7-22(8-6-18)24(31)28(2)3)23(30)9-10-27-25(32)26-14-19-11-20(15-26)13-21(12-19)16-26/h5-8,19-21H,4,9-17H2,1-3H3,(H,27,32). The first-order valence-corrected chi connectivity index (χ1v) is 12.2. The molecule has 4 fully saturated rings. The highest BCUT2D eigenvalue weighted by Crippen LogP contribution is 2.60. The number of hydrogen-bond donors (Lipinski definition) is 1. The second-order valence-electron chi connectivity index (χ2n) is 10.5. The highest BCUT2D eigenvalue weighted by atomic mass is 16.2. The van der Waals surface area contributed by atoms with Gasteiger partial charge in [-0.05, 0) is 80.9 Å². The molecule has 5 rings (SSSR count). The second kappa shape index (κ2) is 9.24. The molecule has 4 bridgehead atoms. The van der Waals surface area contributed by atoms with Crippen LogP contribution >= 0.6 is 0 Å². The Kier molecular flexibility index (Phi) is 6.59. The minimum atomic E-state index is -0.159. The molecule has 0 radical (unpaired) electrons. The summed E-state index contributed by atoms with van der Waals surface area (Å²) >= 11 is 0. The zero-order valence-corrected chi connectivity index (χ0v) is 19.7. The highest BCUT2D eigenvalue weighted by molar-refractivity contribution is 5.93. The maximum absolute atomic E-state index is 13.1. The Bertz CT molecular complexity index is 826. The normalized spacial score (nSPS) is 27.8. The van der Waals surface area contributed by atoms with Gasteiger partial charge in [0.25, 0.3) is 5.91 Å².